The number of benzene rings is 2. The Morgan fingerprint density at radius 3 is 2.50 bits per heavy atom. The second-order valence-electron chi connectivity index (χ2n) is 8.79. The molecule has 1 amide bonds. The van der Waals surface area contributed by atoms with Crippen LogP contribution >= 0.6 is 0 Å². The van der Waals surface area contributed by atoms with Crippen molar-refractivity contribution in [1.82, 2.24) is 20.0 Å². The van der Waals surface area contributed by atoms with Gasteiger partial charge in [0.15, 0.2) is 11.4 Å². The molecular weight excluding hydrogens is 467 g/mol. The normalized spacial score (nSPS) is 11.3. The van der Waals surface area contributed by atoms with Gasteiger partial charge < -0.3 is 9.47 Å². The van der Waals surface area contributed by atoms with Gasteiger partial charge in [-0.1, -0.05) is 18.2 Å². The zero-order valence-corrected chi connectivity index (χ0v) is 20.2. The van der Waals surface area contributed by atoms with E-state index in [1.807, 2.05) is 30.3 Å². The van der Waals surface area contributed by atoms with Crippen molar-refractivity contribution < 1.29 is 18.7 Å². The zero-order valence-electron chi connectivity index (χ0n) is 20.2. The standard InChI is InChI=1S/C25H25FN6O4/c1-25(2,3)36-24(34)31(27)16-10-11-17(18(26)14-16)20-23(35-4)22(33)21(30-29-20)19-12-13-28-32(19)15-8-6-5-7-9-15/h5-14H,27H2,1-4H3,(H,29,33). The van der Waals surface area contributed by atoms with Gasteiger partial charge in [-0.25, -0.2) is 24.7 Å². The third kappa shape index (κ3) is 4.82. The first-order valence-corrected chi connectivity index (χ1v) is 10.9. The fourth-order valence-corrected chi connectivity index (χ4v) is 3.52. The van der Waals surface area contributed by atoms with Crippen molar-refractivity contribution >= 4 is 11.8 Å². The first kappa shape index (κ1) is 24.6. The molecule has 11 heteroatoms. The van der Waals surface area contributed by atoms with Crippen LogP contribution in [-0.4, -0.2) is 38.8 Å². The highest BCUT2D eigenvalue weighted by molar-refractivity contribution is 5.87. The number of nitrogens with one attached hydrogen (secondary N) is 1. The molecule has 4 rings (SSSR count). The van der Waals surface area contributed by atoms with E-state index in [0.717, 1.165) is 11.8 Å². The Kier molecular flexibility index (Phi) is 6.58. The number of nitrogens with two attached hydrogens (primary N) is 1. The number of rotatable bonds is 5. The molecule has 0 spiro atoms. The molecule has 4 aromatic rings. The van der Waals surface area contributed by atoms with E-state index in [1.54, 1.807) is 37.7 Å². The minimum absolute atomic E-state index is 0.000839. The van der Waals surface area contributed by atoms with Crippen LogP contribution in [0.25, 0.3) is 28.3 Å². The largest absolute Gasteiger partial charge is 0.491 e. The number of aromatic nitrogens is 4. The summed E-state index contributed by atoms with van der Waals surface area (Å²) in [6.07, 6.45) is 0.701. The molecule has 0 unspecified atom stereocenters. The van der Waals surface area contributed by atoms with Crippen molar-refractivity contribution in [3.63, 3.8) is 0 Å². The summed E-state index contributed by atoms with van der Waals surface area (Å²) in [6.45, 7) is 5.07. The number of anilines is 1. The predicted octanol–water partition coefficient (Wildman–Crippen LogP) is 4.05. The van der Waals surface area contributed by atoms with Gasteiger partial charge in [-0.05, 0) is 57.2 Å². The Morgan fingerprint density at radius 1 is 1.14 bits per heavy atom. The van der Waals surface area contributed by atoms with E-state index in [-0.39, 0.29) is 28.4 Å². The summed E-state index contributed by atoms with van der Waals surface area (Å²) in [4.78, 5) is 25.5. The van der Waals surface area contributed by atoms with Crippen molar-refractivity contribution in [3.8, 4) is 34.1 Å². The molecule has 3 N–H and O–H groups in total. The van der Waals surface area contributed by atoms with Gasteiger partial charge in [0.1, 0.15) is 17.1 Å². The van der Waals surface area contributed by atoms with Crippen molar-refractivity contribution in [2.45, 2.75) is 26.4 Å². The van der Waals surface area contributed by atoms with Crippen molar-refractivity contribution in [2.24, 2.45) is 5.84 Å². The Hall–Kier alpha value is -4.51. The summed E-state index contributed by atoms with van der Waals surface area (Å²) in [5.41, 5.74) is -0.0258. The van der Waals surface area contributed by atoms with Crippen molar-refractivity contribution in [1.29, 1.82) is 0 Å². The first-order valence-electron chi connectivity index (χ1n) is 10.9. The number of carbonyl (C=O) groups is 1. The van der Waals surface area contributed by atoms with Gasteiger partial charge in [-0.3, -0.25) is 9.89 Å². The van der Waals surface area contributed by atoms with Gasteiger partial charge in [0.25, 0.3) is 5.43 Å². The predicted molar refractivity (Wildman–Crippen MR) is 132 cm³/mol. The minimum atomic E-state index is -0.846. The lowest BCUT2D eigenvalue weighted by Gasteiger charge is -2.24. The maximum atomic E-state index is 15.2. The maximum absolute atomic E-state index is 15.2. The molecule has 0 saturated heterocycles. The Morgan fingerprint density at radius 2 is 1.86 bits per heavy atom. The van der Waals surface area contributed by atoms with E-state index < -0.39 is 22.9 Å². The number of hydrogen-bond donors (Lipinski definition) is 2. The molecule has 0 radical (unpaired) electrons. The highest BCUT2D eigenvalue weighted by Gasteiger charge is 2.24. The van der Waals surface area contributed by atoms with E-state index in [9.17, 15) is 9.59 Å². The lowest BCUT2D eigenvalue weighted by Crippen LogP contribution is -2.41. The van der Waals surface area contributed by atoms with Crippen LogP contribution < -0.4 is 21.0 Å². The third-order valence-electron chi connectivity index (χ3n) is 5.11. The second kappa shape index (κ2) is 9.62. The minimum Gasteiger partial charge on any atom is -0.491 e. The molecule has 2 aromatic heterocycles. The van der Waals surface area contributed by atoms with Crippen LogP contribution in [0.4, 0.5) is 14.9 Å². The number of hydrazine groups is 1. The van der Waals surface area contributed by atoms with Gasteiger partial charge in [0.2, 0.25) is 0 Å². The third-order valence-corrected chi connectivity index (χ3v) is 5.11. The topological polar surface area (TPSA) is 128 Å². The summed E-state index contributed by atoms with van der Waals surface area (Å²) in [7, 11) is 1.31. The Labute approximate surface area is 206 Å². The molecule has 0 fully saturated rings. The molecule has 0 aliphatic rings. The van der Waals surface area contributed by atoms with Crippen LogP contribution in [0.5, 0.6) is 5.75 Å². The van der Waals surface area contributed by atoms with Gasteiger partial charge in [-0.15, -0.1) is 0 Å². The molecule has 0 saturated carbocycles. The number of nitrogens with zero attached hydrogens (tertiary/aromatic N) is 4. The number of halogens is 1. The first-order chi connectivity index (χ1) is 17.1. The van der Waals surface area contributed by atoms with Gasteiger partial charge in [-0.2, -0.15) is 10.2 Å². The Balaban J connectivity index is 1.72. The molecule has 36 heavy (non-hydrogen) atoms. The molecule has 2 heterocycles. The number of aromatic amines is 1. The van der Waals surface area contributed by atoms with Crippen LogP contribution in [-0.2, 0) is 4.74 Å². The summed E-state index contributed by atoms with van der Waals surface area (Å²) >= 11 is 0. The zero-order chi connectivity index (χ0) is 26.0. The Bertz CT molecular complexity index is 1460. The average Bonchev–Trinajstić information content (AvgIpc) is 3.32. The molecule has 0 aliphatic carbocycles. The van der Waals surface area contributed by atoms with Crippen LogP contribution in [0.2, 0.25) is 0 Å². The van der Waals surface area contributed by atoms with Crippen LogP contribution in [0.3, 0.4) is 0 Å². The molecule has 186 valence electrons. The fraction of sp³-hybridized carbons (Fsp3) is 0.200. The van der Waals surface area contributed by atoms with E-state index in [2.05, 4.69) is 15.3 Å². The quantitative estimate of drug-likeness (QED) is 0.244. The highest BCUT2D eigenvalue weighted by Crippen LogP contribution is 2.31. The fourth-order valence-electron chi connectivity index (χ4n) is 3.52. The smallest absolute Gasteiger partial charge is 0.429 e. The summed E-state index contributed by atoms with van der Waals surface area (Å²) in [6, 6.07) is 14.7. The average molecular weight is 493 g/mol. The monoisotopic (exact) mass is 492 g/mol. The lowest BCUT2D eigenvalue weighted by molar-refractivity contribution is 0.0580. The maximum Gasteiger partial charge on any atom is 0.429 e. The van der Waals surface area contributed by atoms with Crippen molar-refractivity contribution in [3.05, 3.63) is 76.8 Å². The van der Waals surface area contributed by atoms with Crippen molar-refractivity contribution in [2.75, 3.05) is 12.1 Å². The van der Waals surface area contributed by atoms with Crippen LogP contribution in [0.1, 0.15) is 20.8 Å². The lowest BCUT2D eigenvalue weighted by atomic mass is 10.1. The number of methoxy groups -OCH3 is 1. The number of H-pyrrole nitrogens is 1. The van der Waals surface area contributed by atoms with E-state index in [4.69, 9.17) is 15.3 Å². The summed E-state index contributed by atoms with van der Waals surface area (Å²) in [5.74, 6) is 4.91. The number of carbonyl (C=O) groups excluding carboxylic acids is 1. The molecule has 0 atom stereocenters. The van der Waals surface area contributed by atoms with Gasteiger partial charge in [0.05, 0.1) is 30.4 Å². The van der Waals surface area contributed by atoms with Gasteiger partial charge >= 0.3 is 6.09 Å². The molecular formula is C25H25FN6O4. The molecule has 0 bridgehead atoms. The number of amides is 1. The van der Waals surface area contributed by atoms with E-state index in [0.29, 0.717) is 10.7 Å². The van der Waals surface area contributed by atoms with E-state index >= 15 is 4.39 Å². The van der Waals surface area contributed by atoms with Gasteiger partial charge in [0, 0.05) is 5.56 Å². The summed E-state index contributed by atoms with van der Waals surface area (Å²) < 4.78 is 27.3. The number of hydrogen-bond acceptors (Lipinski definition) is 7. The van der Waals surface area contributed by atoms with E-state index in [1.165, 1.54) is 19.2 Å². The second-order valence-corrected chi connectivity index (χ2v) is 8.79. The number of para-hydroxylation sites is 1. The highest BCUT2D eigenvalue weighted by atomic mass is 19.1. The molecule has 2 aromatic carbocycles. The molecule has 0 aliphatic heterocycles. The summed E-state index contributed by atoms with van der Waals surface area (Å²) in [5, 5.41) is 11.9. The van der Waals surface area contributed by atoms with Crippen LogP contribution in [0, 0.1) is 5.82 Å². The molecule has 10 nitrogen and oxygen atoms in total. The SMILES string of the molecule is COc1c(-c2ccc(N(N)C(=O)OC(C)(C)C)cc2F)[nH]nc(-c2ccnn2-c2ccccc2)c1=O. The number of ether oxygens (including phenoxy) is 2. The van der Waals surface area contributed by atoms with Crippen LogP contribution in [0.15, 0.2) is 65.6 Å².